The summed E-state index contributed by atoms with van der Waals surface area (Å²) in [5, 5.41) is 0. The normalized spacial score (nSPS) is 11.1. The molecule has 0 unspecified atom stereocenters. The summed E-state index contributed by atoms with van der Waals surface area (Å²) >= 11 is 3.50. The van der Waals surface area contributed by atoms with Crippen molar-refractivity contribution in [1.29, 1.82) is 0 Å². The van der Waals surface area contributed by atoms with Crippen LogP contribution in [0.3, 0.4) is 0 Å². The molecular weight excluding hydrogens is 308 g/mol. The minimum Gasteiger partial charge on any atom is -0.393 e. The second-order valence-corrected chi connectivity index (χ2v) is 6.94. The van der Waals surface area contributed by atoms with Crippen molar-refractivity contribution < 1.29 is 8.85 Å². The lowest BCUT2D eigenvalue weighted by molar-refractivity contribution is 0.196. The van der Waals surface area contributed by atoms with E-state index in [-0.39, 0.29) is 0 Å². The van der Waals surface area contributed by atoms with Gasteiger partial charge in [0.25, 0.3) is 0 Å². The summed E-state index contributed by atoms with van der Waals surface area (Å²) in [7, 11) is -1.10. The summed E-state index contributed by atoms with van der Waals surface area (Å²) < 4.78 is 12.8. The highest BCUT2D eigenvalue weighted by Gasteiger charge is 2.15. The first-order valence-electron chi connectivity index (χ1n) is 6.62. The summed E-state index contributed by atoms with van der Waals surface area (Å²) in [4.78, 5) is 0. The molecule has 0 atom stereocenters. The Hall–Kier alpha value is -0.163. The van der Waals surface area contributed by atoms with Gasteiger partial charge in [0, 0.05) is 17.7 Å². The standard InChI is InChI=1S/C14H22BrO2Si/c1-3-9-16-18(17-10-4-2)11-8-13-6-5-7-14(15)12-13/h5-7,12H,3-4,8-11H2,1-2H3. The first kappa shape index (κ1) is 15.9. The van der Waals surface area contributed by atoms with Gasteiger partial charge in [-0.25, -0.2) is 0 Å². The fourth-order valence-electron chi connectivity index (χ4n) is 1.56. The van der Waals surface area contributed by atoms with E-state index in [0.717, 1.165) is 43.0 Å². The SMILES string of the molecule is CCCO[Si](CCc1cccc(Br)c1)OCCC. The van der Waals surface area contributed by atoms with Crippen molar-refractivity contribution in [2.75, 3.05) is 13.2 Å². The first-order valence-corrected chi connectivity index (χ1v) is 8.93. The molecule has 0 aliphatic carbocycles. The van der Waals surface area contributed by atoms with E-state index < -0.39 is 9.28 Å². The Bertz CT molecular complexity index is 325. The Morgan fingerprint density at radius 1 is 1.11 bits per heavy atom. The maximum Gasteiger partial charge on any atom is 0.384 e. The molecule has 0 aliphatic rings. The molecule has 0 heterocycles. The van der Waals surface area contributed by atoms with Gasteiger partial charge in [-0.1, -0.05) is 41.9 Å². The Balaban J connectivity index is 2.39. The van der Waals surface area contributed by atoms with Gasteiger partial charge in [-0.05, 0) is 43.0 Å². The van der Waals surface area contributed by atoms with Gasteiger partial charge in [0.2, 0.25) is 0 Å². The van der Waals surface area contributed by atoms with Crippen molar-refractivity contribution in [3.8, 4) is 0 Å². The monoisotopic (exact) mass is 329 g/mol. The van der Waals surface area contributed by atoms with Crippen LogP contribution in [-0.2, 0) is 15.3 Å². The molecule has 0 aromatic heterocycles. The lowest BCUT2D eigenvalue weighted by Gasteiger charge is -2.14. The highest BCUT2D eigenvalue weighted by atomic mass is 79.9. The van der Waals surface area contributed by atoms with Gasteiger partial charge in [0.1, 0.15) is 0 Å². The predicted octanol–water partition coefficient (Wildman–Crippen LogP) is 4.33. The Morgan fingerprint density at radius 2 is 1.78 bits per heavy atom. The van der Waals surface area contributed by atoms with E-state index in [0.29, 0.717) is 0 Å². The van der Waals surface area contributed by atoms with Crippen LogP contribution in [0.15, 0.2) is 28.7 Å². The van der Waals surface area contributed by atoms with Crippen LogP contribution in [-0.4, -0.2) is 22.5 Å². The zero-order valence-corrected chi connectivity index (χ0v) is 13.8. The van der Waals surface area contributed by atoms with Crippen LogP contribution in [0.4, 0.5) is 0 Å². The van der Waals surface area contributed by atoms with E-state index in [1.54, 1.807) is 0 Å². The fourth-order valence-corrected chi connectivity index (χ4v) is 3.73. The molecule has 101 valence electrons. The summed E-state index contributed by atoms with van der Waals surface area (Å²) in [5.74, 6) is 0. The molecule has 1 aromatic rings. The molecule has 0 amide bonds. The zero-order valence-electron chi connectivity index (χ0n) is 11.2. The second-order valence-electron chi connectivity index (χ2n) is 4.20. The molecule has 0 saturated carbocycles. The van der Waals surface area contributed by atoms with Crippen molar-refractivity contribution in [3.63, 3.8) is 0 Å². The lowest BCUT2D eigenvalue weighted by atomic mass is 10.2. The third-order valence-electron chi connectivity index (χ3n) is 2.44. The molecule has 0 spiro atoms. The van der Waals surface area contributed by atoms with E-state index in [1.165, 1.54) is 5.56 Å². The fraction of sp³-hybridized carbons (Fsp3) is 0.571. The zero-order chi connectivity index (χ0) is 13.2. The molecule has 1 radical (unpaired) electrons. The lowest BCUT2D eigenvalue weighted by Crippen LogP contribution is -2.24. The average Bonchev–Trinajstić information content (AvgIpc) is 2.38. The molecular formula is C14H22BrO2Si. The second kappa shape index (κ2) is 9.73. The van der Waals surface area contributed by atoms with Crippen molar-refractivity contribution >= 4 is 25.2 Å². The van der Waals surface area contributed by atoms with Gasteiger partial charge in [0.15, 0.2) is 0 Å². The van der Waals surface area contributed by atoms with Gasteiger partial charge in [-0.15, -0.1) is 0 Å². The Kier molecular flexibility index (Phi) is 8.59. The number of halogens is 1. The summed E-state index contributed by atoms with van der Waals surface area (Å²) in [6.07, 6.45) is 3.14. The first-order chi connectivity index (χ1) is 8.76. The van der Waals surface area contributed by atoms with Crippen LogP contribution in [0.5, 0.6) is 0 Å². The topological polar surface area (TPSA) is 18.5 Å². The summed E-state index contributed by atoms with van der Waals surface area (Å²) in [6, 6.07) is 9.46. The molecule has 0 bridgehead atoms. The van der Waals surface area contributed by atoms with E-state index in [4.69, 9.17) is 8.85 Å². The summed E-state index contributed by atoms with van der Waals surface area (Å²) in [5.41, 5.74) is 1.34. The average molecular weight is 330 g/mol. The number of hydrogen-bond donors (Lipinski definition) is 0. The van der Waals surface area contributed by atoms with Crippen molar-refractivity contribution in [1.82, 2.24) is 0 Å². The quantitative estimate of drug-likeness (QED) is 0.627. The number of hydrogen-bond acceptors (Lipinski definition) is 2. The maximum absolute atomic E-state index is 5.81. The molecule has 0 aliphatic heterocycles. The predicted molar refractivity (Wildman–Crippen MR) is 80.9 cm³/mol. The van der Waals surface area contributed by atoms with E-state index in [2.05, 4.69) is 54.0 Å². The number of benzene rings is 1. The van der Waals surface area contributed by atoms with Gasteiger partial charge in [-0.3, -0.25) is 0 Å². The van der Waals surface area contributed by atoms with Crippen molar-refractivity contribution in [3.05, 3.63) is 34.3 Å². The molecule has 0 N–H and O–H groups in total. The molecule has 4 heteroatoms. The van der Waals surface area contributed by atoms with E-state index in [1.807, 2.05) is 0 Å². The van der Waals surface area contributed by atoms with Crippen LogP contribution < -0.4 is 0 Å². The highest BCUT2D eigenvalue weighted by molar-refractivity contribution is 9.10. The largest absolute Gasteiger partial charge is 0.393 e. The molecule has 0 fully saturated rings. The molecule has 2 nitrogen and oxygen atoms in total. The molecule has 1 rings (SSSR count). The minimum absolute atomic E-state index is 0.816. The molecule has 0 saturated heterocycles. The van der Waals surface area contributed by atoms with Crippen LogP contribution >= 0.6 is 15.9 Å². The van der Waals surface area contributed by atoms with Crippen molar-refractivity contribution in [2.24, 2.45) is 0 Å². The van der Waals surface area contributed by atoms with Crippen LogP contribution in [0.2, 0.25) is 6.04 Å². The molecule has 1 aromatic carbocycles. The number of aryl methyl sites for hydroxylation is 1. The molecule has 18 heavy (non-hydrogen) atoms. The third kappa shape index (κ3) is 6.68. The smallest absolute Gasteiger partial charge is 0.384 e. The van der Waals surface area contributed by atoms with E-state index in [9.17, 15) is 0 Å². The van der Waals surface area contributed by atoms with Gasteiger partial charge >= 0.3 is 9.28 Å². The minimum atomic E-state index is -1.10. The Labute approximate surface area is 121 Å². The third-order valence-corrected chi connectivity index (χ3v) is 4.64. The number of rotatable bonds is 9. The van der Waals surface area contributed by atoms with Crippen molar-refractivity contribution in [2.45, 2.75) is 39.2 Å². The maximum atomic E-state index is 5.81. The van der Waals surface area contributed by atoms with Crippen LogP contribution in [0.25, 0.3) is 0 Å². The Morgan fingerprint density at radius 3 is 2.33 bits per heavy atom. The van der Waals surface area contributed by atoms with Crippen LogP contribution in [0.1, 0.15) is 32.3 Å². The van der Waals surface area contributed by atoms with Gasteiger partial charge in [-0.2, -0.15) is 0 Å². The van der Waals surface area contributed by atoms with Crippen LogP contribution in [0, 0.1) is 0 Å². The van der Waals surface area contributed by atoms with Gasteiger partial charge < -0.3 is 8.85 Å². The summed E-state index contributed by atoms with van der Waals surface area (Å²) in [6.45, 7) is 5.90. The highest BCUT2D eigenvalue weighted by Crippen LogP contribution is 2.14. The van der Waals surface area contributed by atoms with Gasteiger partial charge in [0.05, 0.1) is 0 Å². The van der Waals surface area contributed by atoms with E-state index >= 15 is 0 Å².